The van der Waals surface area contributed by atoms with Crippen molar-refractivity contribution in [3.8, 4) is 0 Å². The third kappa shape index (κ3) is 12.5. The van der Waals surface area contributed by atoms with Crippen molar-refractivity contribution >= 4 is 23.8 Å². The third-order valence-electron chi connectivity index (χ3n) is 3.96. The second-order valence-corrected chi connectivity index (χ2v) is 7.91. The predicted molar refractivity (Wildman–Crippen MR) is 104 cm³/mol. The Labute approximate surface area is 177 Å². The standard InChI is InChI=1S/C20H33NO9/c1-20(2,3)8-6-18(24)29-15-14-28-13-12-27-11-10-26-9-7-19(25)30-21-16(22)4-5-17(21)23/h4-15H2,1-3H3. The van der Waals surface area contributed by atoms with Gasteiger partial charge >= 0.3 is 11.9 Å². The molecule has 1 rings (SSSR count). The van der Waals surface area contributed by atoms with Gasteiger partial charge in [-0.05, 0) is 11.8 Å². The molecule has 0 bridgehead atoms. The monoisotopic (exact) mass is 431 g/mol. The van der Waals surface area contributed by atoms with Crippen molar-refractivity contribution in [1.29, 1.82) is 0 Å². The van der Waals surface area contributed by atoms with Crippen molar-refractivity contribution in [2.45, 2.75) is 52.9 Å². The molecule has 0 N–H and O–H groups in total. The second-order valence-electron chi connectivity index (χ2n) is 7.91. The molecule has 0 atom stereocenters. The van der Waals surface area contributed by atoms with Crippen LogP contribution in [0.5, 0.6) is 0 Å². The van der Waals surface area contributed by atoms with Gasteiger partial charge in [0, 0.05) is 19.3 Å². The first kappa shape index (κ1) is 26.0. The molecule has 0 aliphatic carbocycles. The Morgan fingerprint density at radius 3 is 1.80 bits per heavy atom. The van der Waals surface area contributed by atoms with Gasteiger partial charge in [-0.15, -0.1) is 5.06 Å². The van der Waals surface area contributed by atoms with Crippen LogP contribution >= 0.6 is 0 Å². The normalized spacial score (nSPS) is 14.3. The maximum absolute atomic E-state index is 11.5. The molecule has 10 heteroatoms. The van der Waals surface area contributed by atoms with E-state index in [2.05, 4.69) is 20.8 Å². The van der Waals surface area contributed by atoms with Gasteiger partial charge in [-0.3, -0.25) is 14.4 Å². The lowest BCUT2D eigenvalue weighted by Gasteiger charge is -2.16. The highest BCUT2D eigenvalue weighted by Crippen LogP contribution is 2.20. The molecular weight excluding hydrogens is 398 g/mol. The first-order chi connectivity index (χ1) is 14.2. The largest absolute Gasteiger partial charge is 0.463 e. The highest BCUT2D eigenvalue weighted by atomic mass is 16.7. The Hall–Kier alpha value is -2.04. The molecule has 1 aliphatic heterocycles. The molecule has 0 unspecified atom stereocenters. The van der Waals surface area contributed by atoms with Crippen LogP contribution in [-0.4, -0.2) is 75.1 Å². The summed E-state index contributed by atoms with van der Waals surface area (Å²) in [6.45, 7) is 8.17. The van der Waals surface area contributed by atoms with Crippen molar-refractivity contribution in [2.24, 2.45) is 5.41 Å². The molecule has 0 aromatic rings. The second kappa shape index (κ2) is 14.1. The van der Waals surface area contributed by atoms with E-state index in [1.165, 1.54) is 0 Å². The van der Waals surface area contributed by atoms with E-state index < -0.39 is 17.8 Å². The number of nitrogens with zero attached hydrogens (tertiary/aromatic N) is 1. The van der Waals surface area contributed by atoms with Crippen molar-refractivity contribution in [2.75, 3.05) is 46.2 Å². The van der Waals surface area contributed by atoms with E-state index in [0.29, 0.717) is 37.9 Å². The zero-order chi connectivity index (χ0) is 22.4. The van der Waals surface area contributed by atoms with Crippen molar-refractivity contribution in [1.82, 2.24) is 5.06 Å². The first-order valence-electron chi connectivity index (χ1n) is 10.1. The molecule has 1 saturated heterocycles. The van der Waals surface area contributed by atoms with Gasteiger partial charge in [0.1, 0.15) is 6.61 Å². The number of ether oxygens (including phenoxy) is 4. The SMILES string of the molecule is CC(C)(C)CCC(=O)OCCOCCOCCOCCC(=O)ON1C(=O)CCC1=O. The minimum atomic E-state index is -0.702. The van der Waals surface area contributed by atoms with Gasteiger partial charge < -0.3 is 23.8 Å². The number of rotatable bonds is 15. The Morgan fingerprint density at radius 1 is 0.767 bits per heavy atom. The van der Waals surface area contributed by atoms with E-state index in [4.69, 9.17) is 23.8 Å². The van der Waals surface area contributed by atoms with Crippen LogP contribution in [0.2, 0.25) is 0 Å². The van der Waals surface area contributed by atoms with Crippen LogP contribution in [0.25, 0.3) is 0 Å². The Morgan fingerprint density at radius 2 is 1.27 bits per heavy atom. The zero-order valence-corrected chi connectivity index (χ0v) is 18.1. The molecule has 0 spiro atoms. The van der Waals surface area contributed by atoms with Crippen LogP contribution in [0.3, 0.4) is 0 Å². The zero-order valence-electron chi connectivity index (χ0n) is 18.1. The van der Waals surface area contributed by atoms with Crippen molar-refractivity contribution in [3.05, 3.63) is 0 Å². The topological polar surface area (TPSA) is 118 Å². The summed E-state index contributed by atoms with van der Waals surface area (Å²) < 4.78 is 20.9. The molecule has 10 nitrogen and oxygen atoms in total. The number of hydrogen-bond donors (Lipinski definition) is 0. The lowest BCUT2D eigenvalue weighted by Crippen LogP contribution is -2.32. The highest BCUT2D eigenvalue weighted by Gasteiger charge is 2.32. The number of amides is 2. The van der Waals surface area contributed by atoms with Crippen molar-refractivity contribution < 1.29 is 43.0 Å². The maximum Gasteiger partial charge on any atom is 0.335 e. The van der Waals surface area contributed by atoms with Gasteiger partial charge in [0.2, 0.25) is 0 Å². The predicted octanol–water partition coefficient (Wildman–Crippen LogP) is 1.40. The average Bonchev–Trinajstić information content (AvgIpc) is 2.98. The van der Waals surface area contributed by atoms with Crippen molar-refractivity contribution in [3.63, 3.8) is 0 Å². The summed E-state index contributed by atoms with van der Waals surface area (Å²) in [6, 6.07) is 0. The van der Waals surface area contributed by atoms with Crippen LogP contribution in [0.1, 0.15) is 52.9 Å². The molecule has 0 radical (unpaired) electrons. The number of hydroxylamine groups is 2. The van der Waals surface area contributed by atoms with Gasteiger partial charge in [-0.25, -0.2) is 4.79 Å². The molecule has 1 fully saturated rings. The molecule has 0 aromatic heterocycles. The van der Waals surface area contributed by atoms with Crippen LogP contribution in [-0.2, 0) is 43.0 Å². The highest BCUT2D eigenvalue weighted by molar-refractivity contribution is 6.01. The summed E-state index contributed by atoms with van der Waals surface area (Å²) in [5, 5.41) is 0.512. The lowest BCUT2D eigenvalue weighted by molar-refractivity contribution is -0.198. The molecule has 30 heavy (non-hydrogen) atoms. The first-order valence-corrected chi connectivity index (χ1v) is 10.1. The molecule has 0 saturated carbocycles. The third-order valence-corrected chi connectivity index (χ3v) is 3.96. The van der Waals surface area contributed by atoms with E-state index >= 15 is 0 Å². The summed E-state index contributed by atoms with van der Waals surface area (Å²) in [7, 11) is 0. The fourth-order valence-corrected chi connectivity index (χ4v) is 2.27. The summed E-state index contributed by atoms with van der Waals surface area (Å²) in [6.07, 6.45) is 1.23. The quantitative estimate of drug-likeness (QED) is 0.215. The minimum absolute atomic E-state index is 0.0618. The fourth-order valence-electron chi connectivity index (χ4n) is 2.27. The van der Waals surface area contributed by atoms with Gasteiger partial charge in [0.25, 0.3) is 11.8 Å². The average molecular weight is 431 g/mol. The van der Waals surface area contributed by atoms with E-state index in [1.807, 2.05) is 0 Å². The van der Waals surface area contributed by atoms with Crippen LogP contribution in [0.4, 0.5) is 0 Å². The number of esters is 1. The molecule has 172 valence electrons. The van der Waals surface area contributed by atoms with E-state index in [1.54, 1.807) is 0 Å². The van der Waals surface area contributed by atoms with E-state index in [0.717, 1.165) is 6.42 Å². The molecule has 1 heterocycles. The molecule has 0 aromatic carbocycles. The maximum atomic E-state index is 11.5. The van der Waals surface area contributed by atoms with Crippen LogP contribution in [0, 0.1) is 5.41 Å². The smallest absolute Gasteiger partial charge is 0.335 e. The Bertz CT molecular complexity index is 555. The summed E-state index contributed by atoms with van der Waals surface area (Å²) in [5.41, 5.74) is 0.106. The molecule has 2 amide bonds. The van der Waals surface area contributed by atoms with E-state index in [9.17, 15) is 19.2 Å². The Balaban J connectivity index is 1.85. The molecule has 1 aliphatic rings. The van der Waals surface area contributed by atoms with Gasteiger partial charge in [-0.1, -0.05) is 20.8 Å². The van der Waals surface area contributed by atoms with Gasteiger partial charge in [0.05, 0.1) is 46.1 Å². The van der Waals surface area contributed by atoms with Gasteiger partial charge in [0.15, 0.2) is 0 Å². The summed E-state index contributed by atoms with van der Waals surface area (Å²) in [5.74, 6) is -1.94. The Kier molecular flexibility index (Phi) is 12.2. The van der Waals surface area contributed by atoms with Gasteiger partial charge in [-0.2, -0.15) is 0 Å². The minimum Gasteiger partial charge on any atom is -0.463 e. The lowest BCUT2D eigenvalue weighted by atomic mass is 9.91. The number of hydrogen-bond acceptors (Lipinski definition) is 9. The van der Waals surface area contributed by atoms with Crippen LogP contribution < -0.4 is 0 Å². The number of carbonyl (C=O) groups is 4. The van der Waals surface area contributed by atoms with E-state index in [-0.39, 0.29) is 50.5 Å². The number of carbonyl (C=O) groups excluding carboxylic acids is 4. The fraction of sp³-hybridized carbons (Fsp3) is 0.800. The number of imide groups is 1. The summed E-state index contributed by atoms with van der Waals surface area (Å²) >= 11 is 0. The van der Waals surface area contributed by atoms with Crippen LogP contribution in [0.15, 0.2) is 0 Å². The summed E-state index contributed by atoms with van der Waals surface area (Å²) in [4.78, 5) is 50.4. The molecular formula is C20H33NO9.